The molecule has 114 valence electrons. The summed E-state index contributed by atoms with van der Waals surface area (Å²) in [5.41, 5.74) is 4.24. The van der Waals surface area contributed by atoms with Gasteiger partial charge in [0.1, 0.15) is 0 Å². The van der Waals surface area contributed by atoms with E-state index in [9.17, 15) is 9.59 Å². The average molecular weight is 402 g/mol. The molecular formula is C14H19IN4O2. The molecular weight excluding hydrogens is 383 g/mol. The molecule has 7 heteroatoms. The summed E-state index contributed by atoms with van der Waals surface area (Å²) < 4.78 is 1.09. The molecule has 0 saturated carbocycles. The van der Waals surface area contributed by atoms with Crippen molar-refractivity contribution < 1.29 is 9.59 Å². The maximum Gasteiger partial charge on any atom is 0.323 e. The van der Waals surface area contributed by atoms with Crippen molar-refractivity contribution in [3.8, 4) is 0 Å². The second kappa shape index (κ2) is 7.19. The van der Waals surface area contributed by atoms with Crippen LogP contribution in [0.2, 0.25) is 0 Å². The van der Waals surface area contributed by atoms with Gasteiger partial charge in [0.15, 0.2) is 0 Å². The molecule has 0 bridgehead atoms. The number of amides is 2. The number of halogens is 1. The summed E-state index contributed by atoms with van der Waals surface area (Å²) in [6.07, 6.45) is 0. The zero-order valence-electron chi connectivity index (χ0n) is 12.1. The standard InChI is InChI=1S/C14H19IN4O2/c1-10-9-11(15)3-4-12(10)16-13(20)14(21)17-19-7-5-18(2)6-8-19/h3-4,9H,5-8H2,1-2H3,(H,16,20)(H,17,21). The molecule has 0 aliphatic carbocycles. The lowest BCUT2D eigenvalue weighted by Gasteiger charge is -2.32. The van der Waals surface area contributed by atoms with Crippen molar-refractivity contribution in [1.29, 1.82) is 0 Å². The molecule has 2 rings (SSSR count). The van der Waals surface area contributed by atoms with Crippen molar-refractivity contribution in [2.45, 2.75) is 6.92 Å². The molecule has 2 amide bonds. The third-order valence-corrected chi connectivity index (χ3v) is 4.08. The highest BCUT2D eigenvalue weighted by Gasteiger charge is 2.20. The number of carbonyl (C=O) groups excluding carboxylic acids is 2. The lowest BCUT2D eigenvalue weighted by Crippen LogP contribution is -2.54. The first-order chi connectivity index (χ1) is 9.95. The first-order valence-corrected chi connectivity index (χ1v) is 7.85. The second-order valence-corrected chi connectivity index (χ2v) is 6.39. The number of likely N-dealkylation sites (N-methyl/N-ethyl adjacent to an activating group) is 1. The average Bonchev–Trinajstić information content (AvgIpc) is 2.44. The summed E-state index contributed by atoms with van der Waals surface area (Å²) in [5.74, 6) is -1.27. The van der Waals surface area contributed by atoms with E-state index in [4.69, 9.17) is 0 Å². The number of nitrogens with zero attached hydrogens (tertiary/aromatic N) is 2. The number of hydrogen-bond acceptors (Lipinski definition) is 4. The Balaban J connectivity index is 1.89. The topological polar surface area (TPSA) is 64.7 Å². The Hall–Kier alpha value is -1.19. The summed E-state index contributed by atoms with van der Waals surface area (Å²) in [6.45, 7) is 5.09. The van der Waals surface area contributed by atoms with Crippen molar-refractivity contribution in [3.05, 3.63) is 27.3 Å². The van der Waals surface area contributed by atoms with Crippen molar-refractivity contribution in [2.24, 2.45) is 0 Å². The van der Waals surface area contributed by atoms with Crippen LogP contribution in [-0.4, -0.2) is 54.9 Å². The zero-order chi connectivity index (χ0) is 15.4. The normalized spacial score (nSPS) is 16.5. The molecule has 1 aliphatic rings. The molecule has 0 spiro atoms. The molecule has 1 aromatic rings. The fraction of sp³-hybridized carbons (Fsp3) is 0.429. The van der Waals surface area contributed by atoms with Crippen molar-refractivity contribution >= 4 is 40.1 Å². The lowest BCUT2D eigenvalue weighted by atomic mass is 10.2. The van der Waals surface area contributed by atoms with Crippen molar-refractivity contribution in [1.82, 2.24) is 15.3 Å². The second-order valence-electron chi connectivity index (χ2n) is 5.14. The molecule has 0 radical (unpaired) electrons. The number of carbonyl (C=O) groups is 2. The summed E-state index contributed by atoms with van der Waals surface area (Å²) in [6, 6.07) is 5.65. The van der Waals surface area contributed by atoms with Crippen LogP contribution in [0.25, 0.3) is 0 Å². The van der Waals surface area contributed by atoms with E-state index in [0.717, 1.165) is 35.3 Å². The van der Waals surface area contributed by atoms with E-state index < -0.39 is 11.8 Å². The fourth-order valence-electron chi connectivity index (χ4n) is 2.06. The molecule has 2 N–H and O–H groups in total. The minimum Gasteiger partial charge on any atom is -0.317 e. The van der Waals surface area contributed by atoms with Gasteiger partial charge in [-0.2, -0.15) is 0 Å². The predicted molar refractivity (Wildman–Crippen MR) is 89.7 cm³/mol. The van der Waals surface area contributed by atoms with Gasteiger partial charge in [-0.1, -0.05) is 0 Å². The molecule has 0 atom stereocenters. The van der Waals surface area contributed by atoms with Crippen LogP contribution in [0.15, 0.2) is 18.2 Å². The molecule has 1 fully saturated rings. The van der Waals surface area contributed by atoms with E-state index in [0.29, 0.717) is 5.69 Å². The first kappa shape index (κ1) is 16.2. The SMILES string of the molecule is Cc1cc(I)ccc1NC(=O)C(=O)NN1CCN(C)CC1. The molecule has 1 heterocycles. The van der Waals surface area contributed by atoms with Crippen LogP contribution in [-0.2, 0) is 9.59 Å². The van der Waals surface area contributed by atoms with E-state index in [1.165, 1.54) is 0 Å². The number of hydrogen-bond donors (Lipinski definition) is 2. The Morgan fingerprint density at radius 2 is 1.81 bits per heavy atom. The van der Waals surface area contributed by atoms with Crippen LogP contribution < -0.4 is 10.7 Å². The Morgan fingerprint density at radius 3 is 2.43 bits per heavy atom. The molecule has 0 aromatic heterocycles. The van der Waals surface area contributed by atoms with E-state index in [-0.39, 0.29) is 0 Å². The van der Waals surface area contributed by atoms with Crippen LogP contribution in [0, 0.1) is 10.5 Å². The van der Waals surface area contributed by atoms with Crippen molar-refractivity contribution in [3.63, 3.8) is 0 Å². The maximum absolute atomic E-state index is 11.9. The summed E-state index contributed by atoms with van der Waals surface area (Å²) in [5, 5.41) is 4.42. The van der Waals surface area contributed by atoms with E-state index in [1.54, 1.807) is 11.1 Å². The number of benzene rings is 1. The number of rotatable bonds is 2. The number of nitrogens with one attached hydrogen (secondary N) is 2. The lowest BCUT2D eigenvalue weighted by molar-refractivity contribution is -0.139. The van der Waals surface area contributed by atoms with E-state index >= 15 is 0 Å². The van der Waals surface area contributed by atoms with Gasteiger partial charge >= 0.3 is 11.8 Å². The van der Waals surface area contributed by atoms with Crippen molar-refractivity contribution in [2.75, 3.05) is 38.5 Å². The molecule has 21 heavy (non-hydrogen) atoms. The molecule has 1 aliphatic heterocycles. The minimum absolute atomic E-state index is 0.627. The number of piperazine rings is 1. The Kier molecular flexibility index (Phi) is 5.54. The van der Waals surface area contributed by atoms with Gasteiger partial charge in [0.05, 0.1) is 0 Å². The van der Waals surface area contributed by atoms with Crippen LogP contribution >= 0.6 is 22.6 Å². The van der Waals surface area contributed by atoms with Gasteiger partial charge in [-0.05, 0) is 60.3 Å². The molecule has 1 aromatic carbocycles. The van der Waals surface area contributed by atoms with Gasteiger partial charge < -0.3 is 10.2 Å². The number of aryl methyl sites for hydroxylation is 1. The van der Waals surface area contributed by atoms with Gasteiger partial charge in [-0.25, -0.2) is 5.01 Å². The number of hydrazine groups is 1. The maximum atomic E-state index is 11.9. The zero-order valence-corrected chi connectivity index (χ0v) is 14.3. The van der Waals surface area contributed by atoms with Crippen LogP contribution in [0.4, 0.5) is 5.69 Å². The smallest absolute Gasteiger partial charge is 0.317 e. The highest BCUT2D eigenvalue weighted by Crippen LogP contribution is 2.17. The van der Waals surface area contributed by atoms with Crippen LogP contribution in [0.1, 0.15) is 5.56 Å². The summed E-state index contributed by atoms with van der Waals surface area (Å²) >= 11 is 2.20. The van der Waals surface area contributed by atoms with Gasteiger partial charge in [0.2, 0.25) is 0 Å². The summed E-state index contributed by atoms with van der Waals surface area (Å²) in [4.78, 5) is 26.0. The quantitative estimate of drug-likeness (QED) is 0.568. The molecule has 1 saturated heterocycles. The summed E-state index contributed by atoms with van der Waals surface area (Å²) in [7, 11) is 2.03. The van der Waals surface area contributed by atoms with Gasteiger partial charge in [0, 0.05) is 35.4 Å². The largest absolute Gasteiger partial charge is 0.323 e. The molecule has 0 unspecified atom stereocenters. The van der Waals surface area contributed by atoms with Gasteiger partial charge in [-0.3, -0.25) is 15.0 Å². The van der Waals surface area contributed by atoms with E-state index in [1.807, 2.05) is 26.1 Å². The van der Waals surface area contributed by atoms with Gasteiger partial charge in [-0.15, -0.1) is 0 Å². The highest BCUT2D eigenvalue weighted by molar-refractivity contribution is 14.1. The minimum atomic E-state index is -0.641. The Morgan fingerprint density at radius 1 is 1.14 bits per heavy atom. The third-order valence-electron chi connectivity index (χ3n) is 3.41. The monoisotopic (exact) mass is 402 g/mol. The van der Waals surface area contributed by atoms with Crippen LogP contribution in [0.5, 0.6) is 0 Å². The fourth-order valence-corrected chi connectivity index (χ4v) is 2.71. The van der Waals surface area contributed by atoms with Gasteiger partial charge in [0.25, 0.3) is 0 Å². The predicted octanol–water partition coefficient (Wildman–Crippen LogP) is 0.817. The first-order valence-electron chi connectivity index (χ1n) is 6.77. The van der Waals surface area contributed by atoms with E-state index in [2.05, 4.69) is 38.2 Å². The number of anilines is 1. The van der Waals surface area contributed by atoms with Crippen LogP contribution in [0.3, 0.4) is 0 Å². The third kappa shape index (κ3) is 4.65. The Labute approximate surface area is 138 Å². The Bertz CT molecular complexity index is 542. The molecule has 6 nitrogen and oxygen atoms in total. The highest BCUT2D eigenvalue weighted by atomic mass is 127.